The molecule has 2 aromatic rings. The lowest BCUT2D eigenvalue weighted by Gasteiger charge is -2.31. The van der Waals surface area contributed by atoms with Crippen LogP contribution in [0, 0.1) is 5.82 Å². The van der Waals surface area contributed by atoms with E-state index < -0.39 is 5.54 Å². The first-order valence-corrected chi connectivity index (χ1v) is 7.78. The van der Waals surface area contributed by atoms with Crippen molar-refractivity contribution in [2.45, 2.75) is 37.6 Å². The Kier molecular flexibility index (Phi) is 4.01. The zero-order valence-electron chi connectivity index (χ0n) is 11.9. The summed E-state index contributed by atoms with van der Waals surface area (Å²) in [4.78, 5) is 0. The van der Waals surface area contributed by atoms with Crippen molar-refractivity contribution < 1.29 is 4.39 Å². The van der Waals surface area contributed by atoms with Crippen molar-refractivity contribution >= 4 is 11.6 Å². The molecule has 3 heteroatoms. The largest absolute Gasteiger partial charge is 0.321 e. The van der Waals surface area contributed by atoms with Gasteiger partial charge in [-0.15, -0.1) is 0 Å². The molecule has 0 saturated carbocycles. The van der Waals surface area contributed by atoms with Gasteiger partial charge in [0.25, 0.3) is 0 Å². The highest BCUT2D eigenvalue weighted by Gasteiger charge is 2.32. The molecule has 2 aromatic carbocycles. The van der Waals surface area contributed by atoms with Gasteiger partial charge < -0.3 is 5.73 Å². The molecular formula is C18H19ClFN. The maximum Gasteiger partial charge on any atom is 0.127 e. The Labute approximate surface area is 129 Å². The summed E-state index contributed by atoms with van der Waals surface area (Å²) in [5.41, 5.74) is 9.12. The fourth-order valence-corrected chi connectivity index (χ4v) is 3.54. The van der Waals surface area contributed by atoms with Crippen molar-refractivity contribution in [2.24, 2.45) is 5.73 Å². The van der Waals surface area contributed by atoms with E-state index >= 15 is 0 Å². The molecule has 0 heterocycles. The third-order valence-corrected chi connectivity index (χ3v) is 4.78. The molecule has 0 aliphatic heterocycles. The van der Waals surface area contributed by atoms with Crippen molar-refractivity contribution in [3.63, 3.8) is 0 Å². The first-order chi connectivity index (χ1) is 10.1. The number of benzene rings is 2. The molecule has 0 aromatic heterocycles. The Morgan fingerprint density at radius 3 is 2.71 bits per heavy atom. The van der Waals surface area contributed by atoms with E-state index in [1.165, 1.54) is 11.6 Å². The average molecular weight is 304 g/mol. The van der Waals surface area contributed by atoms with Crippen LogP contribution in [0.25, 0.3) is 0 Å². The summed E-state index contributed by atoms with van der Waals surface area (Å²) in [6, 6.07) is 13.1. The molecule has 110 valence electrons. The molecule has 21 heavy (non-hydrogen) atoms. The molecule has 2 N–H and O–H groups in total. The first kappa shape index (κ1) is 14.6. The van der Waals surface area contributed by atoms with Gasteiger partial charge in [-0.05, 0) is 48.9 Å². The standard InChI is InChI=1S/C18H19ClFN/c19-16-9-5-10-17(20)14(16)12-18(21)11-4-3-7-13-6-1-2-8-15(13)18/h1-2,5-6,8-10H,3-4,7,11-12,21H2. The van der Waals surface area contributed by atoms with Gasteiger partial charge in [0, 0.05) is 16.1 Å². The maximum atomic E-state index is 14.1. The van der Waals surface area contributed by atoms with Crippen LogP contribution in [0.1, 0.15) is 36.0 Å². The summed E-state index contributed by atoms with van der Waals surface area (Å²) in [6.07, 6.45) is 4.52. The van der Waals surface area contributed by atoms with Crippen molar-refractivity contribution in [1.29, 1.82) is 0 Å². The number of nitrogens with two attached hydrogens (primary N) is 1. The van der Waals surface area contributed by atoms with Gasteiger partial charge in [0.1, 0.15) is 5.82 Å². The van der Waals surface area contributed by atoms with E-state index in [0.717, 1.165) is 31.2 Å². The summed E-state index contributed by atoms with van der Waals surface area (Å²) >= 11 is 6.18. The summed E-state index contributed by atoms with van der Waals surface area (Å²) < 4.78 is 14.1. The molecule has 3 rings (SSSR count). The van der Waals surface area contributed by atoms with Crippen molar-refractivity contribution in [3.8, 4) is 0 Å². The molecule has 0 radical (unpaired) electrons. The predicted molar refractivity (Wildman–Crippen MR) is 85.0 cm³/mol. The van der Waals surface area contributed by atoms with E-state index in [0.29, 0.717) is 17.0 Å². The van der Waals surface area contributed by atoms with Crippen LogP contribution in [0.4, 0.5) is 4.39 Å². The van der Waals surface area contributed by atoms with Crippen molar-refractivity contribution in [2.75, 3.05) is 0 Å². The zero-order valence-corrected chi connectivity index (χ0v) is 12.7. The van der Waals surface area contributed by atoms with E-state index in [1.54, 1.807) is 12.1 Å². The molecule has 1 unspecified atom stereocenters. The fourth-order valence-electron chi connectivity index (χ4n) is 3.31. The zero-order chi connectivity index (χ0) is 14.9. The second-order valence-electron chi connectivity index (χ2n) is 5.90. The quantitative estimate of drug-likeness (QED) is 0.806. The Morgan fingerprint density at radius 2 is 1.90 bits per heavy atom. The molecule has 0 amide bonds. The topological polar surface area (TPSA) is 26.0 Å². The van der Waals surface area contributed by atoms with Crippen LogP contribution < -0.4 is 5.73 Å². The lowest BCUT2D eigenvalue weighted by molar-refractivity contribution is 0.392. The van der Waals surface area contributed by atoms with Crippen LogP contribution in [0.2, 0.25) is 5.02 Å². The Hall–Kier alpha value is -1.38. The minimum Gasteiger partial charge on any atom is -0.321 e. The number of hydrogen-bond acceptors (Lipinski definition) is 1. The summed E-state index contributed by atoms with van der Waals surface area (Å²) in [5.74, 6) is -0.269. The number of fused-ring (bicyclic) bond motifs is 1. The van der Waals surface area contributed by atoms with Crippen LogP contribution >= 0.6 is 11.6 Å². The molecule has 1 aliphatic rings. The number of rotatable bonds is 2. The molecule has 0 fully saturated rings. The van der Waals surface area contributed by atoms with Crippen LogP contribution in [0.3, 0.4) is 0 Å². The lowest BCUT2D eigenvalue weighted by Crippen LogP contribution is -2.39. The Bertz CT molecular complexity index is 635. The normalized spacial score (nSPS) is 21.7. The lowest BCUT2D eigenvalue weighted by atomic mass is 9.80. The maximum absolute atomic E-state index is 14.1. The number of aryl methyl sites for hydroxylation is 1. The average Bonchev–Trinajstić information content (AvgIpc) is 2.64. The third kappa shape index (κ3) is 2.83. The van der Waals surface area contributed by atoms with Crippen LogP contribution in [-0.2, 0) is 18.4 Å². The van der Waals surface area contributed by atoms with Gasteiger partial charge in [-0.25, -0.2) is 4.39 Å². The van der Waals surface area contributed by atoms with E-state index in [4.69, 9.17) is 17.3 Å². The number of hydrogen-bond donors (Lipinski definition) is 1. The van der Waals surface area contributed by atoms with Crippen LogP contribution in [0.15, 0.2) is 42.5 Å². The molecule has 0 spiro atoms. The highest BCUT2D eigenvalue weighted by Crippen LogP contribution is 2.36. The van der Waals surface area contributed by atoms with Crippen molar-refractivity contribution in [3.05, 3.63) is 70.0 Å². The minimum atomic E-state index is -0.543. The first-order valence-electron chi connectivity index (χ1n) is 7.40. The van der Waals surface area contributed by atoms with Crippen LogP contribution in [-0.4, -0.2) is 0 Å². The molecular weight excluding hydrogens is 285 g/mol. The van der Waals surface area contributed by atoms with Gasteiger partial charge in [0.2, 0.25) is 0 Å². The summed E-state index contributed by atoms with van der Waals surface area (Å²) in [7, 11) is 0. The van der Waals surface area contributed by atoms with E-state index in [-0.39, 0.29) is 5.82 Å². The van der Waals surface area contributed by atoms with Gasteiger partial charge in [-0.3, -0.25) is 0 Å². The second-order valence-corrected chi connectivity index (χ2v) is 6.30. The minimum absolute atomic E-state index is 0.269. The van der Waals surface area contributed by atoms with Gasteiger partial charge in [-0.2, -0.15) is 0 Å². The van der Waals surface area contributed by atoms with E-state index in [9.17, 15) is 4.39 Å². The van der Waals surface area contributed by atoms with E-state index in [1.807, 2.05) is 12.1 Å². The van der Waals surface area contributed by atoms with Gasteiger partial charge in [0.05, 0.1) is 0 Å². The summed E-state index contributed by atoms with van der Waals surface area (Å²) in [5, 5.41) is 0.460. The smallest absolute Gasteiger partial charge is 0.127 e. The van der Waals surface area contributed by atoms with Crippen LogP contribution in [0.5, 0.6) is 0 Å². The molecule has 0 bridgehead atoms. The highest BCUT2D eigenvalue weighted by atomic mass is 35.5. The predicted octanol–water partition coefficient (Wildman–Crippen LogP) is 4.60. The molecule has 1 atom stereocenters. The van der Waals surface area contributed by atoms with E-state index in [2.05, 4.69) is 12.1 Å². The van der Waals surface area contributed by atoms with Gasteiger partial charge >= 0.3 is 0 Å². The Morgan fingerprint density at radius 1 is 1.10 bits per heavy atom. The third-order valence-electron chi connectivity index (χ3n) is 4.43. The van der Waals surface area contributed by atoms with Gasteiger partial charge in [0.15, 0.2) is 0 Å². The monoisotopic (exact) mass is 303 g/mol. The highest BCUT2D eigenvalue weighted by molar-refractivity contribution is 6.31. The molecule has 1 nitrogen and oxygen atoms in total. The summed E-state index contributed by atoms with van der Waals surface area (Å²) in [6.45, 7) is 0. The fraction of sp³-hybridized carbons (Fsp3) is 0.333. The SMILES string of the molecule is NC1(Cc2c(F)cccc2Cl)CCCCc2ccccc21. The molecule has 0 saturated heterocycles. The molecule has 1 aliphatic carbocycles. The second kappa shape index (κ2) is 5.78. The van der Waals surface area contributed by atoms with Gasteiger partial charge in [-0.1, -0.05) is 48.4 Å². The number of halogens is 2. The van der Waals surface area contributed by atoms with Crippen molar-refractivity contribution in [1.82, 2.24) is 0 Å². The Balaban J connectivity index is 2.04.